The Hall–Kier alpha value is -0.610. The summed E-state index contributed by atoms with van der Waals surface area (Å²) in [7, 11) is 0. The van der Waals surface area contributed by atoms with Crippen LogP contribution >= 0.6 is 0 Å². The van der Waals surface area contributed by atoms with E-state index in [-0.39, 0.29) is 11.9 Å². The first-order valence-electron chi connectivity index (χ1n) is 7.97. The van der Waals surface area contributed by atoms with E-state index in [4.69, 9.17) is 5.73 Å². The Labute approximate surface area is 117 Å². The zero-order valence-electron chi connectivity index (χ0n) is 12.2. The molecule has 0 radical (unpaired) electrons. The van der Waals surface area contributed by atoms with E-state index < -0.39 is 0 Å². The molecule has 3 atom stereocenters. The Morgan fingerprint density at radius 1 is 1.26 bits per heavy atom. The average Bonchev–Trinajstić information content (AvgIpc) is 2.82. The predicted molar refractivity (Wildman–Crippen MR) is 77.8 cm³/mol. The average molecular weight is 267 g/mol. The minimum absolute atomic E-state index is 0.198. The molecule has 2 fully saturated rings. The van der Waals surface area contributed by atoms with Crippen LogP contribution in [0.5, 0.6) is 0 Å². The number of rotatable bonds is 5. The molecule has 0 spiro atoms. The molecule has 1 saturated carbocycles. The van der Waals surface area contributed by atoms with Gasteiger partial charge in [-0.2, -0.15) is 0 Å². The molecule has 3 N–H and O–H groups in total. The number of nitrogens with two attached hydrogens (primary N) is 1. The van der Waals surface area contributed by atoms with Gasteiger partial charge < -0.3 is 11.1 Å². The number of piperidine rings is 1. The Morgan fingerprint density at radius 2 is 2.11 bits per heavy atom. The van der Waals surface area contributed by atoms with Crippen molar-refractivity contribution in [2.45, 2.75) is 64.0 Å². The lowest BCUT2D eigenvalue weighted by atomic mass is 9.99. The fraction of sp³-hybridized carbons (Fsp3) is 0.933. The quantitative estimate of drug-likeness (QED) is 0.793. The van der Waals surface area contributed by atoms with Crippen LogP contribution in [0.3, 0.4) is 0 Å². The summed E-state index contributed by atoms with van der Waals surface area (Å²) in [5, 5.41) is 3.13. The monoisotopic (exact) mass is 267 g/mol. The molecule has 1 heterocycles. The molecule has 19 heavy (non-hydrogen) atoms. The maximum absolute atomic E-state index is 12.0. The molecule has 2 aliphatic rings. The fourth-order valence-electron chi connectivity index (χ4n) is 3.57. The van der Waals surface area contributed by atoms with Gasteiger partial charge >= 0.3 is 0 Å². The van der Waals surface area contributed by atoms with Gasteiger partial charge in [0.05, 0.1) is 0 Å². The third kappa shape index (κ3) is 4.18. The van der Waals surface area contributed by atoms with E-state index in [1.165, 1.54) is 32.2 Å². The van der Waals surface area contributed by atoms with Crippen molar-refractivity contribution in [1.29, 1.82) is 0 Å². The maximum Gasteiger partial charge on any atom is 0.220 e. The molecule has 1 aliphatic carbocycles. The molecule has 0 aromatic heterocycles. The lowest BCUT2D eigenvalue weighted by molar-refractivity contribution is -0.122. The van der Waals surface area contributed by atoms with Crippen LogP contribution in [0.2, 0.25) is 0 Å². The standard InChI is InChI=1S/C15H29N3O/c1-2-18-9-4-3-7-13(18)11-17-15(19)10-12-6-5-8-14(12)16/h12-14H,2-11,16H2,1H3,(H,17,19)/t12-,13?,14+/m0/s1. The van der Waals surface area contributed by atoms with E-state index >= 15 is 0 Å². The second kappa shape index (κ2) is 7.25. The van der Waals surface area contributed by atoms with Gasteiger partial charge in [0, 0.05) is 25.0 Å². The molecule has 0 aromatic carbocycles. The summed E-state index contributed by atoms with van der Waals surface area (Å²) in [6, 6.07) is 0.785. The first kappa shape index (κ1) is 14.8. The van der Waals surface area contributed by atoms with Gasteiger partial charge in [-0.1, -0.05) is 19.8 Å². The number of nitrogens with one attached hydrogen (secondary N) is 1. The van der Waals surface area contributed by atoms with Gasteiger partial charge in [0.1, 0.15) is 0 Å². The minimum Gasteiger partial charge on any atom is -0.355 e. The van der Waals surface area contributed by atoms with Gasteiger partial charge in [-0.25, -0.2) is 0 Å². The number of nitrogens with zero attached hydrogens (tertiary/aromatic N) is 1. The summed E-state index contributed by atoms with van der Waals surface area (Å²) in [5.74, 6) is 0.609. The Morgan fingerprint density at radius 3 is 2.79 bits per heavy atom. The lowest BCUT2D eigenvalue weighted by Crippen LogP contribution is -2.46. The normalized spacial score (nSPS) is 32.4. The van der Waals surface area contributed by atoms with Crippen LogP contribution in [-0.4, -0.2) is 42.5 Å². The van der Waals surface area contributed by atoms with Gasteiger partial charge in [-0.3, -0.25) is 9.69 Å². The minimum atomic E-state index is 0.198. The van der Waals surface area contributed by atoms with Crippen molar-refractivity contribution in [3.63, 3.8) is 0 Å². The summed E-state index contributed by atoms with van der Waals surface area (Å²) >= 11 is 0. The van der Waals surface area contributed by atoms with Crippen LogP contribution in [-0.2, 0) is 4.79 Å². The molecule has 1 saturated heterocycles. The highest BCUT2D eigenvalue weighted by Crippen LogP contribution is 2.26. The molecule has 4 nitrogen and oxygen atoms in total. The van der Waals surface area contributed by atoms with Crippen molar-refractivity contribution in [2.75, 3.05) is 19.6 Å². The SMILES string of the molecule is CCN1CCCCC1CNC(=O)C[C@@H]1CCC[C@H]1N. The summed E-state index contributed by atoms with van der Waals surface area (Å²) in [4.78, 5) is 14.5. The summed E-state index contributed by atoms with van der Waals surface area (Å²) in [6.07, 6.45) is 7.84. The second-order valence-corrected chi connectivity index (χ2v) is 6.14. The molecule has 0 aromatic rings. The second-order valence-electron chi connectivity index (χ2n) is 6.14. The molecule has 4 heteroatoms. The van der Waals surface area contributed by atoms with Gasteiger partial charge in [-0.15, -0.1) is 0 Å². The van der Waals surface area contributed by atoms with E-state index in [0.717, 1.165) is 25.9 Å². The highest BCUT2D eigenvalue weighted by molar-refractivity contribution is 5.76. The van der Waals surface area contributed by atoms with Gasteiger partial charge in [0.2, 0.25) is 5.91 Å². The fourth-order valence-corrected chi connectivity index (χ4v) is 3.57. The molecule has 2 rings (SSSR count). The molecule has 1 aliphatic heterocycles. The van der Waals surface area contributed by atoms with Crippen LogP contribution in [0.1, 0.15) is 51.9 Å². The lowest BCUT2D eigenvalue weighted by Gasteiger charge is -2.35. The summed E-state index contributed by atoms with van der Waals surface area (Å²) < 4.78 is 0. The first-order chi connectivity index (χ1) is 9.20. The molecule has 110 valence electrons. The van der Waals surface area contributed by atoms with E-state index in [0.29, 0.717) is 18.4 Å². The molecule has 1 amide bonds. The van der Waals surface area contributed by atoms with Crippen molar-refractivity contribution in [3.05, 3.63) is 0 Å². The molecular formula is C15H29N3O. The number of likely N-dealkylation sites (N-methyl/N-ethyl adjacent to an activating group) is 1. The highest BCUT2D eigenvalue weighted by Gasteiger charge is 2.27. The smallest absolute Gasteiger partial charge is 0.220 e. The first-order valence-corrected chi connectivity index (χ1v) is 7.97. The molecular weight excluding hydrogens is 238 g/mol. The van der Waals surface area contributed by atoms with Gasteiger partial charge in [-0.05, 0) is 44.7 Å². The number of likely N-dealkylation sites (tertiary alicyclic amines) is 1. The number of amides is 1. The van der Waals surface area contributed by atoms with E-state index in [1.54, 1.807) is 0 Å². The number of carbonyl (C=O) groups excluding carboxylic acids is 1. The number of carbonyl (C=O) groups is 1. The number of hydrogen-bond donors (Lipinski definition) is 2. The van der Waals surface area contributed by atoms with Crippen LogP contribution in [0.25, 0.3) is 0 Å². The van der Waals surface area contributed by atoms with E-state index in [1.807, 2.05) is 0 Å². The van der Waals surface area contributed by atoms with Crippen molar-refractivity contribution in [3.8, 4) is 0 Å². The molecule has 1 unspecified atom stereocenters. The van der Waals surface area contributed by atoms with Crippen LogP contribution in [0, 0.1) is 5.92 Å². The zero-order chi connectivity index (χ0) is 13.7. The summed E-state index contributed by atoms with van der Waals surface area (Å²) in [5.41, 5.74) is 6.02. The van der Waals surface area contributed by atoms with Crippen molar-refractivity contribution in [2.24, 2.45) is 11.7 Å². The highest BCUT2D eigenvalue weighted by atomic mass is 16.1. The van der Waals surface area contributed by atoms with Crippen LogP contribution in [0.4, 0.5) is 0 Å². The van der Waals surface area contributed by atoms with Gasteiger partial charge in [0.25, 0.3) is 0 Å². The molecule has 0 bridgehead atoms. The topological polar surface area (TPSA) is 58.4 Å². The Bertz CT molecular complexity index is 295. The predicted octanol–water partition coefficient (Wildman–Crippen LogP) is 1.49. The van der Waals surface area contributed by atoms with E-state index in [9.17, 15) is 4.79 Å². The largest absolute Gasteiger partial charge is 0.355 e. The maximum atomic E-state index is 12.0. The third-order valence-electron chi connectivity index (χ3n) is 4.86. The van der Waals surface area contributed by atoms with Gasteiger partial charge in [0.15, 0.2) is 0 Å². The zero-order valence-corrected chi connectivity index (χ0v) is 12.2. The van der Waals surface area contributed by atoms with Crippen molar-refractivity contribution in [1.82, 2.24) is 10.2 Å². The van der Waals surface area contributed by atoms with E-state index in [2.05, 4.69) is 17.1 Å². The number of hydrogen-bond acceptors (Lipinski definition) is 3. The van der Waals surface area contributed by atoms with Crippen LogP contribution in [0.15, 0.2) is 0 Å². The Kier molecular flexibility index (Phi) is 5.64. The summed E-state index contributed by atoms with van der Waals surface area (Å²) in [6.45, 7) is 5.30. The van der Waals surface area contributed by atoms with Crippen molar-refractivity contribution >= 4 is 5.91 Å². The van der Waals surface area contributed by atoms with Crippen LogP contribution < -0.4 is 11.1 Å². The Balaban J connectivity index is 1.70. The third-order valence-corrected chi connectivity index (χ3v) is 4.86. The van der Waals surface area contributed by atoms with Crippen molar-refractivity contribution < 1.29 is 4.79 Å².